The summed E-state index contributed by atoms with van der Waals surface area (Å²) < 4.78 is 16.8. The van der Waals surface area contributed by atoms with Gasteiger partial charge in [0.2, 0.25) is 0 Å². The molecule has 0 saturated carbocycles. The Morgan fingerprint density at radius 1 is 0.900 bits per heavy atom. The van der Waals surface area contributed by atoms with Crippen LogP contribution in [0.25, 0.3) is 0 Å². The van der Waals surface area contributed by atoms with Crippen LogP contribution >= 0.6 is 28.1 Å². The lowest BCUT2D eigenvalue weighted by atomic mass is 10.1. The van der Waals surface area contributed by atoms with E-state index in [4.69, 9.17) is 26.4 Å². The average Bonchev–Trinajstić information content (AvgIpc) is 2.98. The summed E-state index contributed by atoms with van der Waals surface area (Å²) in [6, 6.07) is 18.1. The molecule has 1 aliphatic rings. The Kier molecular flexibility index (Phi) is 9.84. The fraction of sp³-hybridized carbons (Fsp3) is 0.276. The standard InChI is InChI=1S/C29H31BrN4O5S/c1-4-39-26-10-5-19(17-25(26)30)27(35)32-29(40)31-21-6-8-22(9-7-21)33-11-13-34(14-12-33)28(36)20-15-23(37-2)18-24(16-20)38-3/h5-10,15-18H,4,11-14H2,1-3H3,(H2,31,32,35,40). The summed E-state index contributed by atoms with van der Waals surface area (Å²) in [5.74, 6) is 1.46. The zero-order valence-corrected chi connectivity index (χ0v) is 24.9. The van der Waals surface area contributed by atoms with Crippen LogP contribution in [0.3, 0.4) is 0 Å². The van der Waals surface area contributed by atoms with Crippen molar-refractivity contribution in [2.45, 2.75) is 6.92 Å². The summed E-state index contributed by atoms with van der Waals surface area (Å²) >= 11 is 8.76. The third-order valence-electron chi connectivity index (χ3n) is 6.38. The van der Waals surface area contributed by atoms with Crippen molar-refractivity contribution >= 4 is 56.4 Å². The summed E-state index contributed by atoms with van der Waals surface area (Å²) in [6.45, 7) is 5.02. The van der Waals surface area contributed by atoms with E-state index < -0.39 is 0 Å². The lowest BCUT2D eigenvalue weighted by Gasteiger charge is -2.36. The van der Waals surface area contributed by atoms with Crippen molar-refractivity contribution in [2.24, 2.45) is 0 Å². The van der Waals surface area contributed by atoms with Gasteiger partial charge in [-0.15, -0.1) is 0 Å². The summed E-state index contributed by atoms with van der Waals surface area (Å²) in [5, 5.41) is 5.95. The highest BCUT2D eigenvalue weighted by Gasteiger charge is 2.23. The number of benzene rings is 3. The van der Waals surface area contributed by atoms with Gasteiger partial charge < -0.3 is 29.3 Å². The van der Waals surface area contributed by atoms with Crippen LogP contribution in [0.2, 0.25) is 0 Å². The van der Waals surface area contributed by atoms with Crippen LogP contribution in [0.1, 0.15) is 27.6 Å². The van der Waals surface area contributed by atoms with E-state index in [9.17, 15) is 9.59 Å². The minimum Gasteiger partial charge on any atom is -0.497 e. The first-order valence-electron chi connectivity index (χ1n) is 12.7. The fourth-order valence-electron chi connectivity index (χ4n) is 4.29. The number of thiocarbonyl (C=S) groups is 1. The van der Waals surface area contributed by atoms with Gasteiger partial charge in [0.25, 0.3) is 11.8 Å². The first kappa shape index (κ1) is 29.2. The van der Waals surface area contributed by atoms with E-state index in [1.165, 1.54) is 0 Å². The molecule has 11 heteroatoms. The van der Waals surface area contributed by atoms with Crippen LogP contribution in [-0.4, -0.2) is 68.8 Å². The van der Waals surface area contributed by atoms with Gasteiger partial charge in [0.1, 0.15) is 17.2 Å². The number of carbonyl (C=O) groups is 2. The van der Waals surface area contributed by atoms with Gasteiger partial charge in [0.05, 0.1) is 25.3 Å². The number of carbonyl (C=O) groups excluding carboxylic acids is 2. The number of hydrogen-bond donors (Lipinski definition) is 2. The number of amides is 2. The van der Waals surface area contributed by atoms with E-state index in [1.807, 2.05) is 36.1 Å². The highest BCUT2D eigenvalue weighted by Crippen LogP contribution is 2.27. The number of ether oxygens (including phenoxy) is 3. The molecule has 3 aromatic rings. The molecule has 1 fully saturated rings. The molecule has 0 aromatic heterocycles. The Hall–Kier alpha value is -3.83. The van der Waals surface area contributed by atoms with Crippen molar-refractivity contribution < 1.29 is 23.8 Å². The first-order chi connectivity index (χ1) is 19.3. The van der Waals surface area contributed by atoms with Gasteiger partial charge in [0.15, 0.2) is 5.11 Å². The molecule has 40 heavy (non-hydrogen) atoms. The van der Waals surface area contributed by atoms with E-state index in [0.29, 0.717) is 65.6 Å². The number of anilines is 2. The summed E-state index contributed by atoms with van der Waals surface area (Å²) in [6.07, 6.45) is 0. The topological polar surface area (TPSA) is 92.4 Å². The smallest absolute Gasteiger partial charge is 0.257 e. The van der Waals surface area contributed by atoms with Crippen LogP contribution in [0.5, 0.6) is 17.2 Å². The Morgan fingerprint density at radius 3 is 2.12 bits per heavy atom. The minimum absolute atomic E-state index is 0.0513. The third kappa shape index (κ3) is 7.22. The molecular formula is C29H31BrN4O5S. The molecule has 0 bridgehead atoms. The summed E-state index contributed by atoms with van der Waals surface area (Å²) in [7, 11) is 3.13. The van der Waals surface area contributed by atoms with E-state index in [2.05, 4.69) is 31.5 Å². The monoisotopic (exact) mass is 626 g/mol. The molecule has 210 valence electrons. The molecule has 3 aromatic carbocycles. The third-order valence-corrected chi connectivity index (χ3v) is 7.20. The highest BCUT2D eigenvalue weighted by molar-refractivity contribution is 9.10. The predicted molar refractivity (Wildman–Crippen MR) is 163 cm³/mol. The number of nitrogens with zero attached hydrogens (tertiary/aromatic N) is 2. The molecule has 1 heterocycles. The van der Waals surface area contributed by atoms with Crippen molar-refractivity contribution in [3.05, 3.63) is 76.3 Å². The Labute approximate surface area is 247 Å². The van der Waals surface area contributed by atoms with Gasteiger partial charge in [0, 0.05) is 54.7 Å². The van der Waals surface area contributed by atoms with E-state index in [0.717, 1.165) is 11.4 Å². The maximum atomic E-state index is 13.1. The average molecular weight is 628 g/mol. The summed E-state index contributed by atoms with van der Waals surface area (Å²) in [5.41, 5.74) is 2.79. The maximum Gasteiger partial charge on any atom is 0.257 e. The molecule has 0 aliphatic carbocycles. The number of rotatable bonds is 8. The lowest BCUT2D eigenvalue weighted by molar-refractivity contribution is 0.0745. The number of methoxy groups -OCH3 is 2. The molecule has 9 nitrogen and oxygen atoms in total. The molecule has 0 unspecified atom stereocenters. The molecule has 4 rings (SSSR count). The Balaban J connectivity index is 1.29. The zero-order chi connectivity index (χ0) is 28.6. The Morgan fingerprint density at radius 2 is 1.55 bits per heavy atom. The van der Waals surface area contributed by atoms with Gasteiger partial charge in [-0.25, -0.2) is 0 Å². The highest BCUT2D eigenvalue weighted by atomic mass is 79.9. The van der Waals surface area contributed by atoms with Gasteiger partial charge in [-0.2, -0.15) is 0 Å². The van der Waals surface area contributed by atoms with Crippen LogP contribution in [-0.2, 0) is 0 Å². The van der Waals surface area contributed by atoms with Crippen LogP contribution in [0, 0.1) is 0 Å². The second-order valence-corrected chi connectivity index (χ2v) is 10.2. The van der Waals surface area contributed by atoms with E-state index >= 15 is 0 Å². The molecule has 2 N–H and O–H groups in total. The summed E-state index contributed by atoms with van der Waals surface area (Å²) in [4.78, 5) is 29.8. The molecule has 0 spiro atoms. The van der Waals surface area contributed by atoms with Gasteiger partial charge in [-0.1, -0.05) is 0 Å². The predicted octanol–water partition coefficient (Wildman–Crippen LogP) is 4.95. The van der Waals surface area contributed by atoms with Crippen molar-refractivity contribution in [2.75, 3.05) is 57.2 Å². The van der Waals surface area contributed by atoms with Crippen molar-refractivity contribution in [1.82, 2.24) is 10.2 Å². The Bertz CT molecular complexity index is 1360. The normalized spacial score (nSPS) is 12.9. The van der Waals surface area contributed by atoms with E-state index in [-0.39, 0.29) is 16.9 Å². The fourth-order valence-corrected chi connectivity index (χ4v) is 4.99. The minimum atomic E-state index is -0.322. The first-order valence-corrected chi connectivity index (χ1v) is 13.9. The van der Waals surface area contributed by atoms with Crippen LogP contribution < -0.4 is 29.7 Å². The molecule has 1 saturated heterocycles. The largest absolute Gasteiger partial charge is 0.497 e. The number of hydrogen-bond acceptors (Lipinski definition) is 7. The second-order valence-electron chi connectivity index (χ2n) is 8.91. The van der Waals surface area contributed by atoms with Crippen molar-refractivity contribution in [3.8, 4) is 17.2 Å². The SMILES string of the molecule is CCOc1ccc(C(=O)NC(=S)Nc2ccc(N3CCN(C(=O)c4cc(OC)cc(OC)c4)CC3)cc2)cc1Br. The second kappa shape index (κ2) is 13.5. The molecule has 1 aliphatic heterocycles. The van der Waals surface area contributed by atoms with Gasteiger partial charge >= 0.3 is 0 Å². The maximum absolute atomic E-state index is 13.1. The van der Waals surface area contributed by atoms with E-state index in [1.54, 1.807) is 50.6 Å². The van der Waals surface area contributed by atoms with Crippen molar-refractivity contribution in [1.29, 1.82) is 0 Å². The van der Waals surface area contributed by atoms with Crippen LogP contribution in [0.4, 0.5) is 11.4 Å². The van der Waals surface area contributed by atoms with Crippen molar-refractivity contribution in [3.63, 3.8) is 0 Å². The number of nitrogens with one attached hydrogen (secondary N) is 2. The zero-order valence-electron chi connectivity index (χ0n) is 22.5. The lowest BCUT2D eigenvalue weighted by Crippen LogP contribution is -2.48. The molecule has 0 atom stereocenters. The molecule has 0 radical (unpaired) electrons. The van der Waals surface area contributed by atoms with Gasteiger partial charge in [-0.3, -0.25) is 14.9 Å². The molecular weight excluding hydrogens is 596 g/mol. The number of piperazine rings is 1. The molecule has 2 amide bonds. The van der Waals surface area contributed by atoms with Gasteiger partial charge in [-0.05, 0) is 89.7 Å². The number of halogens is 1. The van der Waals surface area contributed by atoms with Crippen LogP contribution in [0.15, 0.2) is 65.1 Å². The quantitative estimate of drug-likeness (QED) is 0.339.